The molecule has 7 heteroatoms. The van der Waals surface area contributed by atoms with Crippen LogP contribution in [0.4, 0.5) is 11.4 Å². The molecule has 1 saturated carbocycles. The molecule has 1 aliphatic carbocycles. The maximum Gasteiger partial charge on any atom is 0.257 e. The zero-order chi connectivity index (χ0) is 23.2. The van der Waals surface area contributed by atoms with E-state index >= 15 is 0 Å². The molecule has 0 atom stereocenters. The first kappa shape index (κ1) is 23.4. The number of carbonyl (C=O) groups is 2. The third kappa shape index (κ3) is 5.99. The van der Waals surface area contributed by atoms with E-state index in [0.717, 1.165) is 23.8 Å². The Morgan fingerprint density at radius 3 is 2.33 bits per heavy atom. The van der Waals surface area contributed by atoms with Crippen LogP contribution in [0, 0.1) is 11.8 Å². The van der Waals surface area contributed by atoms with Gasteiger partial charge in [-0.2, -0.15) is 0 Å². The van der Waals surface area contributed by atoms with Crippen molar-refractivity contribution in [2.24, 2.45) is 11.8 Å². The van der Waals surface area contributed by atoms with E-state index in [2.05, 4.69) is 10.6 Å². The fraction of sp³-hybridized carbons (Fsp3) is 0.462. The van der Waals surface area contributed by atoms with Crippen molar-refractivity contribution in [2.75, 3.05) is 37.4 Å². The Labute approximate surface area is 200 Å². The maximum absolute atomic E-state index is 12.9. The molecular formula is C26H32ClN3O3. The first-order chi connectivity index (χ1) is 16.0. The minimum absolute atomic E-state index is 0.00843. The number of likely N-dealkylation sites (tertiary alicyclic amines) is 1. The van der Waals surface area contributed by atoms with Crippen LogP contribution in [0.25, 0.3) is 0 Å². The number of rotatable bonds is 7. The van der Waals surface area contributed by atoms with Crippen LogP contribution in [-0.4, -0.2) is 43.5 Å². The van der Waals surface area contributed by atoms with E-state index in [1.165, 1.54) is 32.8 Å². The number of hydrogen-bond donors (Lipinski definition) is 2. The van der Waals surface area contributed by atoms with Crippen molar-refractivity contribution < 1.29 is 14.3 Å². The quantitative estimate of drug-likeness (QED) is 0.566. The van der Waals surface area contributed by atoms with E-state index in [1.54, 1.807) is 23.1 Å². The van der Waals surface area contributed by atoms with Crippen LogP contribution >= 0.6 is 11.6 Å². The first-order valence-electron chi connectivity index (χ1n) is 11.8. The average molecular weight is 470 g/mol. The number of halogens is 1. The van der Waals surface area contributed by atoms with E-state index in [9.17, 15) is 9.59 Å². The van der Waals surface area contributed by atoms with Crippen molar-refractivity contribution in [1.29, 1.82) is 0 Å². The second-order valence-electron chi connectivity index (χ2n) is 9.01. The summed E-state index contributed by atoms with van der Waals surface area (Å²) in [5.41, 5.74) is 2.34. The first-order valence-corrected chi connectivity index (χ1v) is 12.2. The smallest absolute Gasteiger partial charge is 0.257 e. The van der Waals surface area contributed by atoms with Crippen LogP contribution in [0.15, 0.2) is 42.5 Å². The van der Waals surface area contributed by atoms with Gasteiger partial charge >= 0.3 is 0 Å². The minimum Gasteiger partial charge on any atom is -0.496 e. The Kier molecular flexibility index (Phi) is 7.76. The predicted octanol–water partition coefficient (Wildman–Crippen LogP) is 5.44. The van der Waals surface area contributed by atoms with Crippen LogP contribution in [0.2, 0.25) is 5.02 Å². The summed E-state index contributed by atoms with van der Waals surface area (Å²) < 4.78 is 5.31. The molecule has 176 valence electrons. The molecule has 1 heterocycles. The van der Waals surface area contributed by atoms with Crippen molar-refractivity contribution in [2.45, 2.75) is 38.5 Å². The highest BCUT2D eigenvalue weighted by molar-refractivity contribution is 6.31. The molecule has 2 fully saturated rings. The van der Waals surface area contributed by atoms with Gasteiger partial charge in [-0.1, -0.05) is 24.4 Å². The largest absolute Gasteiger partial charge is 0.496 e. The lowest BCUT2D eigenvalue weighted by Gasteiger charge is -2.31. The Morgan fingerprint density at radius 1 is 1.00 bits per heavy atom. The van der Waals surface area contributed by atoms with Gasteiger partial charge in [-0.05, 0) is 74.1 Å². The van der Waals surface area contributed by atoms with Crippen LogP contribution < -0.4 is 15.4 Å². The average Bonchev–Trinajstić information content (AvgIpc) is 3.37. The summed E-state index contributed by atoms with van der Waals surface area (Å²) in [5.74, 6) is 1.06. The maximum atomic E-state index is 12.9. The normalized spacial score (nSPS) is 17.1. The number of methoxy groups -OCH3 is 1. The summed E-state index contributed by atoms with van der Waals surface area (Å²) in [6.45, 7) is 2.07. The van der Waals surface area contributed by atoms with Crippen molar-refractivity contribution in [1.82, 2.24) is 4.90 Å². The highest BCUT2D eigenvalue weighted by atomic mass is 35.5. The van der Waals surface area contributed by atoms with Crippen molar-refractivity contribution in [3.05, 3.63) is 53.1 Å². The van der Waals surface area contributed by atoms with Crippen LogP contribution in [-0.2, 0) is 4.79 Å². The number of ether oxygens (including phenoxy) is 1. The highest BCUT2D eigenvalue weighted by Gasteiger charge is 2.29. The fourth-order valence-electron chi connectivity index (χ4n) is 4.75. The van der Waals surface area contributed by atoms with E-state index < -0.39 is 0 Å². The van der Waals surface area contributed by atoms with Gasteiger partial charge in [0.15, 0.2) is 0 Å². The molecule has 1 aliphatic heterocycles. The number of nitrogens with one attached hydrogen (secondary N) is 2. The molecule has 2 aromatic carbocycles. The van der Waals surface area contributed by atoms with Gasteiger partial charge in [0.25, 0.3) is 5.91 Å². The lowest BCUT2D eigenvalue weighted by molar-refractivity contribution is -0.121. The predicted molar refractivity (Wildman–Crippen MR) is 132 cm³/mol. The molecule has 0 bridgehead atoms. The number of nitrogens with zero attached hydrogens (tertiary/aromatic N) is 1. The molecule has 2 aromatic rings. The zero-order valence-electron chi connectivity index (χ0n) is 19.1. The summed E-state index contributed by atoms with van der Waals surface area (Å²) in [5, 5.41) is 7.03. The van der Waals surface area contributed by atoms with E-state index in [-0.39, 0.29) is 17.7 Å². The van der Waals surface area contributed by atoms with Gasteiger partial charge in [0.2, 0.25) is 5.91 Å². The van der Waals surface area contributed by atoms with Gasteiger partial charge in [-0.3, -0.25) is 9.59 Å². The van der Waals surface area contributed by atoms with Crippen molar-refractivity contribution in [3.63, 3.8) is 0 Å². The molecule has 33 heavy (non-hydrogen) atoms. The molecule has 2 amide bonds. The second-order valence-corrected chi connectivity index (χ2v) is 9.45. The third-order valence-electron chi connectivity index (χ3n) is 6.77. The summed E-state index contributed by atoms with van der Waals surface area (Å²) in [6, 6.07) is 13.0. The lowest BCUT2D eigenvalue weighted by atomic mass is 9.95. The highest BCUT2D eigenvalue weighted by Crippen LogP contribution is 2.28. The van der Waals surface area contributed by atoms with Crippen LogP contribution in [0.1, 0.15) is 48.9 Å². The molecule has 0 aromatic heterocycles. The van der Waals surface area contributed by atoms with Crippen molar-refractivity contribution >= 4 is 34.8 Å². The topological polar surface area (TPSA) is 70.7 Å². The molecule has 0 unspecified atom stereocenters. The van der Waals surface area contributed by atoms with Gasteiger partial charge < -0.3 is 20.3 Å². The second kappa shape index (κ2) is 10.9. The Hall–Kier alpha value is -2.73. The summed E-state index contributed by atoms with van der Waals surface area (Å²) in [4.78, 5) is 27.5. The van der Waals surface area contributed by atoms with Crippen LogP contribution in [0.5, 0.6) is 5.75 Å². The minimum atomic E-state index is -0.117. The monoisotopic (exact) mass is 469 g/mol. The molecular weight excluding hydrogens is 438 g/mol. The summed E-state index contributed by atoms with van der Waals surface area (Å²) >= 11 is 6.07. The SMILES string of the molecule is COc1ccc(Cl)cc1C(=O)N1CCC(C(=O)Nc2ccc(NCC3CCCC3)cc2)CC1. The molecule has 2 aliphatic rings. The number of benzene rings is 2. The number of piperidine rings is 1. The molecule has 1 saturated heterocycles. The molecule has 0 radical (unpaired) electrons. The third-order valence-corrected chi connectivity index (χ3v) is 7.00. The van der Waals surface area contributed by atoms with Gasteiger partial charge in [-0.25, -0.2) is 0 Å². The van der Waals surface area contributed by atoms with Gasteiger partial charge in [0, 0.05) is 41.9 Å². The van der Waals surface area contributed by atoms with Gasteiger partial charge in [0.1, 0.15) is 5.75 Å². The Balaban J connectivity index is 1.26. The number of amides is 2. The number of carbonyl (C=O) groups excluding carboxylic acids is 2. The standard InChI is InChI=1S/C26H32ClN3O3/c1-33-24-11-6-20(27)16-23(24)26(32)30-14-12-19(13-15-30)25(31)29-22-9-7-21(8-10-22)28-17-18-4-2-3-5-18/h6-11,16,18-19,28H,2-5,12-15,17H2,1H3,(H,29,31). The molecule has 2 N–H and O–H groups in total. The fourth-order valence-corrected chi connectivity index (χ4v) is 4.93. The molecule has 0 spiro atoms. The van der Waals surface area contributed by atoms with E-state index in [4.69, 9.17) is 16.3 Å². The number of hydrogen-bond acceptors (Lipinski definition) is 4. The summed E-state index contributed by atoms with van der Waals surface area (Å²) in [7, 11) is 1.54. The lowest BCUT2D eigenvalue weighted by Crippen LogP contribution is -2.41. The number of anilines is 2. The Morgan fingerprint density at radius 2 is 1.67 bits per heavy atom. The molecule has 4 rings (SSSR count). The summed E-state index contributed by atoms with van der Waals surface area (Å²) in [6.07, 6.45) is 6.58. The van der Waals surface area contributed by atoms with E-state index in [0.29, 0.717) is 42.3 Å². The van der Waals surface area contributed by atoms with E-state index in [1.807, 2.05) is 24.3 Å². The Bertz CT molecular complexity index is 965. The van der Waals surface area contributed by atoms with Gasteiger partial charge in [0.05, 0.1) is 12.7 Å². The van der Waals surface area contributed by atoms with Crippen LogP contribution in [0.3, 0.4) is 0 Å². The van der Waals surface area contributed by atoms with Crippen molar-refractivity contribution in [3.8, 4) is 5.75 Å². The molecule has 6 nitrogen and oxygen atoms in total. The van der Waals surface area contributed by atoms with Gasteiger partial charge in [-0.15, -0.1) is 0 Å². The zero-order valence-corrected chi connectivity index (χ0v) is 19.9.